The fourth-order valence-electron chi connectivity index (χ4n) is 1.95. The van der Waals surface area contributed by atoms with Crippen LogP contribution >= 0.6 is 11.6 Å². The molecule has 1 aromatic heterocycles. The number of ether oxygens (including phenoxy) is 1. The molecular formula is C16H12ClFN4O2. The number of carbonyl (C=O) groups is 1. The van der Waals surface area contributed by atoms with Crippen LogP contribution in [0.5, 0.6) is 5.75 Å². The number of aromatic nitrogens is 3. The number of carbonyl (C=O) groups excluding carboxylic acids is 1. The molecule has 122 valence electrons. The van der Waals surface area contributed by atoms with E-state index < -0.39 is 5.82 Å². The number of hydrogen-bond acceptors (Lipinski definition) is 4. The molecule has 3 aromatic rings. The lowest BCUT2D eigenvalue weighted by atomic mass is 10.3. The molecule has 0 unspecified atom stereocenters. The third-order valence-corrected chi connectivity index (χ3v) is 3.38. The van der Waals surface area contributed by atoms with E-state index in [1.807, 2.05) is 0 Å². The Morgan fingerprint density at radius 3 is 2.71 bits per heavy atom. The molecule has 0 aliphatic heterocycles. The second kappa shape index (κ2) is 7.10. The molecule has 0 aliphatic rings. The Morgan fingerprint density at radius 1 is 1.25 bits per heavy atom. The predicted octanol–water partition coefficient (Wildman–Crippen LogP) is 3.08. The van der Waals surface area contributed by atoms with Gasteiger partial charge in [0.2, 0.25) is 0 Å². The Labute approximate surface area is 141 Å². The quantitative estimate of drug-likeness (QED) is 0.770. The number of nitrogens with one attached hydrogen (secondary N) is 1. The van der Waals surface area contributed by atoms with Gasteiger partial charge in [-0.15, -0.1) is 0 Å². The zero-order valence-corrected chi connectivity index (χ0v) is 13.1. The highest BCUT2D eigenvalue weighted by Crippen LogP contribution is 2.21. The summed E-state index contributed by atoms with van der Waals surface area (Å²) in [5.74, 6) is -0.567. The first kappa shape index (κ1) is 15.9. The standard InChI is InChI=1S/C16H12ClFN4O2/c17-14-7-13(5-6-15(14)18)24-8-16(23)21-11-1-3-12(4-2-11)22-10-19-9-20-22/h1-7,9-10H,8H2,(H,21,23). The molecule has 0 fully saturated rings. The lowest BCUT2D eigenvalue weighted by molar-refractivity contribution is -0.118. The van der Waals surface area contributed by atoms with Crippen LogP contribution in [0.15, 0.2) is 55.1 Å². The van der Waals surface area contributed by atoms with E-state index >= 15 is 0 Å². The van der Waals surface area contributed by atoms with Crippen molar-refractivity contribution in [3.05, 3.63) is 66.0 Å². The molecule has 24 heavy (non-hydrogen) atoms. The first-order valence-electron chi connectivity index (χ1n) is 6.94. The fraction of sp³-hybridized carbons (Fsp3) is 0.0625. The molecule has 0 bridgehead atoms. The smallest absolute Gasteiger partial charge is 0.262 e. The predicted molar refractivity (Wildman–Crippen MR) is 86.9 cm³/mol. The highest BCUT2D eigenvalue weighted by molar-refractivity contribution is 6.30. The van der Waals surface area contributed by atoms with Gasteiger partial charge < -0.3 is 10.1 Å². The lowest BCUT2D eigenvalue weighted by Crippen LogP contribution is -2.20. The molecule has 8 heteroatoms. The van der Waals surface area contributed by atoms with E-state index in [1.54, 1.807) is 35.3 Å². The van der Waals surface area contributed by atoms with Gasteiger partial charge in [0.15, 0.2) is 6.61 Å². The molecule has 6 nitrogen and oxygen atoms in total. The number of benzene rings is 2. The van der Waals surface area contributed by atoms with Crippen molar-refractivity contribution in [3.63, 3.8) is 0 Å². The minimum absolute atomic E-state index is 0.0587. The van der Waals surface area contributed by atoms with Crippen molar-refractivity contribution >= 4 is 23.2 Å². The van der Waals surface area contributed by atoms with Crippen LogP contribution < -0.4 is 10.1 Å². The van der Waals surface area contributed by atoms with Crippen molar-refractivity contribution in [2.24, 2.45) is 0 Å². The van der Waals surface area contributed by atoms with Gasteiger partial charge in [-0.2, -0.15) is 5.10 Å². The first-order valence-corrected chi connectivity index (χ1v) is 7.32. The third-order valence-electron chi connectivity index (χ3n) is 3.10. The first-order chi connectivity index (χ1) is 11.6. The van der Waals surface area contributed by atoms with Gasteiger partial charge in [-0.1, -0.05) is 11.6 Å². The van der Waals surface area contributed by atoms with Gasteiger partial charge in [0.05, 0.1) is 10.7 Å². The second-order valence-corrected chi connectivity index (χ2v) is 5.21. The molecule has 0 saturated heterocycles. The summed E-state index contributed by atoms with van der Waals surface area (Å²) < 4.78 is 19.9. The normalized spacial score (nSPS) is 10.4. The maximum Gasteiger partial charge on any atom is 0.262 e. The molecule has 0 atom stereocenters. The van der Waals surface area contributed by atoms with Crippen LogP contribution in [0.1, 0.15) is 0 Å². The summed E-state index contributed by atoms with van der Waals surface area (Å²) in [5, 5.41) is 6.65. The van der Waals surface area contributed by atoms with Crippen molar-refractivity contribution in [2.75, 3.05) is 11.9 Å². The molecule has 0 radical (unpaired) electrons. The van der Waals surface area contributed by atoms with Crippen LogP contribution in [0, 0.1) is 5.82 Å². The average molecular weight is 347 g/mol. The van der Waals surface area contributed by atoms with E-state index in [0.29, 0.717) is 11.4 Å². The highest BCUT2D eigenvalue weighted by Gasteiger charge is 2.06. The summed E-state index contributed by atoms with van der Waals surface area (Å²) in [6, 6.07) is 11.0. The Morgan fingerprint density at radius 2 is 2.04 bits per heavy atom. The molecule has 3 rings (SSSR count). The minimum atomic E-state index is -0.541. The molecule has 0 saturated carbocycles. The SMILES string of the molecule is O=C(COc1ccc(F)c(Cl)c1)Nc1ccc(-n2cncn2)cc1. The van der Waals surface area contributed by atoms with Crippen LogP contribution in [0.25, 0.3) is 5.69 Å². The van der Waals surface area contributed by atoms with Crippen molar-refractivity contribution in [1.29, 1.82) is 0 Å². The van der Waals surface area contributed by atoms with Crippen LogP contribution in [-0.2, 0) is 4.79 Å². The number of nitrogens with zero attached hydrogens (tertiary/aromatic N) is 3. The fourth-order valence-corrected chi connectivity index (χ4v) is 2.12. The van der Waals surface area contributed by atoms with Gasteiger partial charge >= 0.3 is 0 Å². The minimum Gasteiger partial charge on any atom is -0.484 e. The van der Waals surface area contributed by atoms with Gasteiger partial charge in [-0.05, 0) is 36.4 Å². The molecule has 0 aliphatic carbocycles. The summed E-state index contributed by atoms with van der Waals surface area (Å²) >= 11 is 5.65. The van der Waals surface area contributed by atoms with Crippen molar-refractivity contribution in [2.45, 2.75) is 0 Å². The van der Waals surface area contributed by atoms with Gasteiger partial charge in [-0.25, -0.2) is 14.1 Å². The number of amides is 1. The molecular weight excluding hydrogens is 335 g/mol. The Hall–Kier alpha value is -2.93. The largest absolute Gasteiger partial charge is 0.484 e. The van der Waals surface area contributed by atoms with E-state index in [9.17, 15) is 9.18 Å². The van der Waals surface area contributed by atoms with Crippen molar-refractivity contribution in [3.8, 4) is 11.4 Å². The van der Waals surface area contributed by atoms with Gasteiger partial charge in [0.1, 0.15) is 24.2 Å². The van der Waals surface area contributed by atoms with Gasteiger partial charge in [0.25, 0.3) is 5.91 Å². The summed E-state index contributed by atoms with van der Waals surface area (Å²) in [5.41, 5.74) is 1.44. The van der Waals surface area contributed by atoms with Gasteiger partial charge in [0, 0.05) is 11.8 Å². The van der Waals surface area contributed by atoms with E-state index in [0.717, 1.165) is 5.69 Å². The lowest BCUT2D eigenvalue weighted by Gasteiger charge is -2.08. The summed E-state index contributed by atoms with van der Waals surface area (Å²) in [4.78, 5) is 15.7. The van der Waals surface area contributed by atoms with Crippen LogP contribution in [0.2, 0.25) is 5.02 Å². The number of anilines is 1. The number of hydrogen-bond donors (Lipinski definition) is 1. The topological polar surface area (TPSA) is 69.0 Å². The molecule has 1 amide bonds. The second-order valence-electron chi connectivity index (χ2n) is 4.80. The zero-order valence-electron chi connectivity index (χ0n) is 12.3. The number of halogens is 2. The zero-order chi connectivity index (χ0) is 16.9. The van der Waals surface area contributed by atoms with Crippen molar-refractivity contribution < 1.29 is 13.9 Å². The summed E-state index contributed by atoms with van der Waals surface area (Å²) in [6.07, 6.45) is 3.02. The Kier molecular flexibility index (Phi) is 4.72. The maximum absolute atomic E-state index is 13.0. The van der Waals surface area contributed by atoms with E-state index in [2.05, 4.69) is 15.4 Å². The van der Waals surface area contributed by atoms with Gasteiger partial charge in [-0.3, -0.25) is 4.79 Å². The molecule has 2 aromatic carbocycles. The summed E-state index contributed by atoms with van der Waals surface area (Å²) in [7, 11) is 0. The Bertz CT molecular complexity index is 838. The average Bonchev–Trinajstić information content (AvgIpc) is 3.11. The van der Waals surface area contributed by atoms with E-state index in [-0.39, 0.29) is 17.5 Å². The third kappa shape index (κ3) is 3.88. The van der Waals surface area contributed by atoms with Crippen LogP contribution in [0.4, 0.5) is 10.1 Å². The van der Waals surface area contributed by atoms with E-state index in [4.69, 9.17) is 16.3 Å². The monoisotopic (exact) mass is 346 g/mol. The highest BCUT2D eigenvalue weighted by atomic mass is 35.5. The Balaban J connectivity index is 1.55. The number of rotatable bonds is 5. The van der Waals surface area contributed by atoms with Crippen LogP contribution in [-0.4, -0.2) is 27.3 Å². The van der Waals surface area contributed by atoms with Crippen LogP contribution in [0.3, 0.4) is 0 Å². The maximum atomic E-state index is 13.0. The molecule has 1 heterocycles. The van der Waals surface area contributed by atoms with E-state index in [1.165, 1.54) is 24.5 Å². The van der Waals surface area contributed by atoms with Crippen molar-refractivity contribution in [1.82, 2.24) is 14.8 Å². The molecule has 1 N–H and O–H groups in total. The summed E-state index contributed by atoms with van der Waals surface area (Å²) in [6.45, 7) is -0.215. The molecule has 0 spiro atoms.